The van der Waals surface area contributed by atoms with Gasteiger partial charge in [0.05, 0.1) is 21.4 Å². The van der Waals surface area contributed by atoms with Gasteiger partial charge in [-0.15, -0.1) is 0 Å². The van der Waals surface area contributed by atoms with E-state index in [0.717, 1.165) is 0 Å². The van der Waals surface area contributed by atoms with Gasteiger partial charge in [0.1, 0.15) is 6.61 Å². The Kier molecular flexibility index (Phi) is 3.51. The summed E-state index contributed by atoms with van der Waals surface area (Å²) in [5, 5.41) is 11.2. The first-order chi connectivity index (χ1) is 9.15. The number of esters is 1. The summed E-state index contributed by atoms with van der Waals surface area (Å²) >= 11 is 0. The fourth-order valence-corrected chi connectivity index (χ4v) is 1.72. The van der Waals surface area contributed by atoms with Gasteiger partial charge in [-0.25, -0.2) is 4.79 Å². The van der Waals surface area contributed by atoms with Crippen LogP contribution in [0.3, 0.4) is 0 Å². The molecule has 96 valence electrons. The lowest BCUT2D eigenvalue weighted by Crippen LogP contribution is -2.07. The van der Waals surface area contributed by atoms with Gasteiger partial charge >= 0.3 is 5.97 Å². The van der Waals surface area contributed by atoms with Crippen LogP contribution in [0.15, 0.2) is 43.1 Å². The van der Waals surface area contributed by atoms with Crippen molar-refractivity contribution in [3.05, 3.63) is 58.8 Å². The summed E-state index contributed by atoms with van der Waals surface area (Å²) in [6.45, 7) is 3.48. The normalized spacial score (nSPS) is 10.1. The third-order valence-corrected chi connectivity index (χ3v) is 2.49. The van der Waals surface area contributed by atoms with Crippen LogP contribution >= 0.6 is 0 Å². The molecule has 1 aromatic carbocycles. The molecule has 2 rings (SSSR count). The molecule has 6 nitrogen and oxygen atoms in total. The van der Waals surface area contributed by atoms with E-state index in [1.54, 1.807) is 6.07 Å². The van der Waals surface area contributed by atoms with Crippen molar-refractivity contribution in [3.8, 4) is 0 Å². The molecule has 0 saturated heterocycles. The Morgan fingerprint density at radius 3 is 2.95 bits per heavy atom. The van der Waals surface area contributed by atoms with Crippen molar-refractivity contribution in [1.29, 1.82) is 0 Å². The van der Waals surface area contributed by atoms with Crippen LogP contribution in [0.1, 0.15) is 10.4 Å². The lowest BCUT2D eigenvalue weighted by molar-refractivity contribution is -0.383. The number of carbonyl (C=O) groups is 1. The number of benzene rings is 1. The number of rotatable bonds is 4. The molecular formula is C13H10N2O4. The Hall–Kier alpha value is -2.76. The predicted molar refractivity (Wildman–Crippen MR) is 68.9 cm³/mol. The third-order valence-electron chi connectivity index (χ3n) is 2.49. The van der Waals surface area contributed by atoms with Crippen molar-refractivity contribution >= 4 is 22.6 Å². The smallest absolute Gasteiger partial charge is 0.339 e. The summed E-state index contributed by atoms with van der Waals surface area (Å²) in [7, 11) is 0. The number of non-ortho nitro benzene ring substituents is 1. The summed E-state index contributed by atoms with van der Waals surface area (Å²) in [6, 6.07) is 5.86. The molecule has 0 amide bonds. The fourth-order valence-electron chi connectivity index (χ4n) is 1.72. The maximum Gasteiger partial charge on any atom is 0.339 e. The Morgan fingerprint density at radius 2 is 2.26 bits per heavy atom. The van der Waals surface area contributed by atoms with Crippen LogP contribution in [0.4, 0.5) is 5.69 Å². The van der Waals surface area contributed by atoms with Crippen LogP contribution in [-0.2, 0) is 4.74 Å². The van der Waals surface area contributed by atoms with E-state index >= 15 is 0 Å². The third kappa shape index (κ3) is 2.42. The molecule has 2 aromatic rings. The highest BCUT2D eigenvalue weighted by Crippen LogP contribution is 2.27. The van der Waals surface area contributed by atoms with E-state index in [0.29, 0.717) is 5.52 Å². The number of ether oxygens (including phenoxy) is 1. The zero-order valence-electron chi connectivity index (χ0n) is 9.91. The van der Waals surface area contributed by atoms with E-state index in [-0.39, 0.29) is 23.2 Å². The minimum atomic E-state index is -0.637. The zero-order valence-corrected chi connectivity index (χ0v) is 9.91. The predicted octanol–water partition coefficient (Wildman–Crippen LogP) is 2.49. The first kappa shape index (κ1) is 12.7. The van der Waals surface area contributed by atoms with Crippen molar-refractivity contribution in [1.82, 2.24) is 4.98 Å². The molecule has 0 aliphatic rings. The molecule has 0 fully saturated rings. The van der Waals surface area contributed by atoms with Gasteiger partial charge in [0.2, 0.25) is 0 Å². The van der Waals surface area contributed by atoms with Gasteiger partial charge in [-0.1, -0.05) is 18.7 Å². The van der Waals surface area contributed by atoms with Gasteiger partial charge in [-0.05, 0) is 12.1 Å². The number of nitrogens with zero attached hydrogens (tertiary/aromatic N) is 2. The first-order valence-corrected chi connectivity index (χ1v) is 5.45. The second kappa shape index (κ2) is 5.26. The highest BCUT2D eigenvalue weighted by Gasteiger charge is 2.20. The fraction of sp³-hybridized carbons (Fsp3) is 0.0769. The monoisotopic (exact) mass is 258 g/mol. The molecule has 0 N–H and O–H groups in total. The van der Waals surface area contributed by atoms with Crippen molar-refractivity contribution in [2.45, 2.75) is 0 Å². The average Bonchev–Trinajstić information content (AvgIpc) is 2.43. The molecule has 6 heteroatoms. The topological polar surface area (TPSA) is 82.3 Å². The largest absolute Gasteiger partial charge is 0.458 e. The molecule has 0 atom stereocenters. The second-order valence-electron chi connectivity index (χ2n) is 3.67. The molecule has 19 heavy (non-hydrogen) atoms. The SMILES string of the molecule is C=CCOC(=O)c1ccnc2cccc([N+](=O)[O-])c12. The number of hydrogen-bond donors (Lipinski definition) is 0. The number of fused-ring (bicyclic) bond motifs is 1. The van der Waals surface area contributed by atoms with Crippen LogP contribution in [0, 0.1) is 10.1 Å². The van der Waals surface area contributed by atoms with Crippen molar-refractivity contribution in [3.63, 3.8) is 0 Å². The van der Waals surface area contributed by atoms with Crippen molar-refractivity contribution < 1.29 is 14.5 Å². The summed E-state index contributed by atoms with van der Waals surface area (Å²) < 4.78 is 4.91. The molecule has 0 bridgehead atoms. The maximum atomic E-state index is 11.9. The minimum Gasteiger partial charge on any atom is -0.458 e. The molecule has 1 aromatic heterocycles. The molecular weight excluding hydrogens is 248 g/mol. The van der Waals surface area contributed by atoms with Gasteiger partial charge in [0, 0.05) is 12.3 Å². The Balaban J connectivity index is 2.63. The van der Waals surface area contributed by atoms with Crippen LogP contribution in [0.5, 0.6) is 0 Å². The molecule has 0 radical (unpaired) electrons. The Bertz CT molecular complexity index is 661. The summed E-state index contributed by atoms with van der Waals surface area (Å²) in [4.78, 5) is 26.4. The van der Waals surface area contributed by atoms with Gasteiger partial charge < -0.3 is 4.74 Å². The van der Waals surface area contributed by atoms with E-state index in [1.165, 1.54) is 30.5 Å². The highest BCUT2D eigenvalue weighted by molar-refractivity contribution is 6.07. The number of pyridine rings is 1. The molecule has 0 unspecified atom stereocenters. The molecule has 0 aliphatic heterocycles. The van der Waals surface area contributed by atoms with Gasteiger partial charge in [-0.3, -0.25) is 15.1 Å². The summed E-state index contributed by atoms with van der Waals surface area (Å²) in [5.41, 5.74) is 0.331. The summed E-state index contributed by atoms with van der Waals surface area (Å²) in [5.74, 6) is -0.637. The Morgan fingerprint density at radius 1 is 1.47 bits per heavy atom. The average molecular weight is 258 g/mol. The molecule has 0 aliphatic carbocycles. The second-order valence-corrected chi connectivity index (χ2v) is 3.67. The lowest BCUT2D eigenvalue weighted by Gasteiger charge is -2.05. The molecule has 0 saturated carbocycles. The van der Waals surface area contributed by atoms with Gasteiger partial charge in [0.15, 0.2) is 0 Å². The van der Waals surface area contributed by atoms with Crippen molar-refractivity contribution in [2.24, 2.45) is 0 Å². The number of aromatic nitrogens is 1. The van der Waals surface area contributed by atoms with Gasteiger partial charge in [0.25, 0.3) is 5.69 Å². The molecule has 1 heterocycles. The van der Waals surface area contributed by atoms with Crippen LogP contribution in [-0.4, -0.2) is 22.5 Å². The first-order valence-electron chi connectivity index (χ1n) is 5.45. The van der Waals surface area contributed by atoms with Crippen LogP contribution < -0.4 is 0 Å². The van der Waals surface area contributed by atoms with Crippen LogP contribution in [0.2, 0.25) is 0 Å². The van der Waals surface area contributed by atoms with Crippen molar-refractivity contribution in [2.75, 3.05) is 6.61 Å². The number of nitro groups is 1. The van der Waals surface area contributed by atoms with Crippen LogP contribution in [0.25, 0.3) is 10.9 Å². The van der Waals surface area contributed by atoms with E-state index < -0.39 is 10.9 Å². The Labute approximate surface area is 108 Å². The molecule has 0 spiro atoms. The maximum absolute atomic E-state index is 11.9. The zero-order chi connectivity index (χ0) is 13.8. The minimum absolute atomic E-state index is 0.0449. The quantitative estimate of drug-likeness (QED) is 0.364. The standard InChI is InChI=1S/C13H10N2O4/c1-2-8-19-13(16)9-6-7-14-10-4-3-5-11(12(9)10)15(17)18/h2-7H,1,8H2. The number of carbonyl (C=O) groups excluding carboxylic acids is 1. The number of hydrogen-bond acceptors (Lipinski definition) is 5. The van der Waals surface area contributed by atoms with E-state index in [1.807, 2.05) is 0 Å². The summed E-state index contributed by atoms with van der Waals surface area (Å²) in [6.07, 6.45) is 2.84. The van der Waals surface area contributed by atoms with E-state index in [9.17, 15) is 14.9 Å². The lowest BCUT2D eigenvalue weighted by atomic mass is 10.1. The van der Waals surface area contributed by atoms with Gasteiger partial charge in [-0.2, -0.15) is 0 Å². The highest BCUT2D eigenvalue weighted by atomic mass is 16.6. The van der Waals surface area contributed by atoms with E-state index in [2.05, 4.69) is 11.6 Å². The van der Waals surface area contributed by atoms with E-state index in [4.69, 9.17) is 4.74 Å². The number of nitro benzene ring substituents is 1.